The topological polar surface area (TPSA) is 46.5 Å². The molecule has 4 heteroatoms. The van der Waals surface area contributed by atoms with Crippen LogP contribution in [-0.4, -0.2) is 22.9 Å². The van der Waals surface area contributed by atoms with Crippen LogP contribution in [0.15, 0.2) is 24.3 Å². The Balaban J connectivity index is 0.00000154. The molecular weight excluding hydrogens is 260 g/mol. The highest BCUT2D eigenvalue weighted by atomic mass is 32.2. The Morgan fingerprint density at radius 2 is 1.79 bits per heavy atom. The second-order valence-corrected chi connectivity index (χ2v) is 6.15. The van der Waals surface area contributed by atoms with Crippen LogP contribution in [0, 0.1) is 0 Å². The van der Waals surface area contributed by atoms with Gasteiger partial charge in [-0.3, -0.25) is 4.79 Å². The van der Waals surface area contributed by atoms with E-state index in [2.05, 4.69) is 0 Å². The van der Waals surface area contributed by atoms with Gasteiger partial charge in [-0.15, -0.1) is 0 Å². The zero-order valence-corrected chi connectivity index (χ0v) is 13.2. The lowest BCUT2D eigenvalue weighted by atomic mass is 10.1. The number of carbonyl (C=O) groups is 1. The van der Waals surface area contributed by atoms with E-state index in [1.54, 1.807) is 18.9 Å². The van der Waals surface area contributed by atoms with Crippen molar-refractivity contribution in [3.05, 3.63) is 29.8 Å². The third kappa shape index (κ3) is 7.78. The molecule has 0 aliphatic heterocycles. The molecule has 0 saturated carbocycles. The van der Waals surface area contributed by atoms with Crippen LogP contribution >= 0.6 is 11.8 Å². The van der Waals surface area contributed by atoms with Crippen LogP contribution in [-0.2, 0) is 10.5 Å². The Morgan fingerprint density at radius 1 is 1.26 bits per heavy atom. The van der Waals surface area contributed by atoms with Crippen molar-refractivity contribution in [2.75, 3.05) is 7.11 Å². The zero-order chi connectivity index (χ0) is 14.9. The number of ether oxygens (including phenoxy) is 1. The van der Waals surface area contributed by atoms with Gasteiger partial charge in [0, 0.05) is 10.5 Å². The summed E-state index contributed by atoms with van der Waals surface area (Å²) in [4.78, 5) is 10.7. The van der Waals surface area contributed by atoms with Crippen molar-refractivity contribution >= 4 is 17.7 Å². The zero-order valence-electron chi connectivity index (χ0n) is 12.4. The Morgan fingerprint density at radius 3 is 2.21 bits per heavy atom. The molecule has 1 aromatic carbocycles. The number of benzene rings is 1. The second kappa shape index (κ2) is 8.86. The van der Waals surface area contributed by atoms with Gasteiger partial charge in [0.05, 0.1) is 13.5 Å². The fourth-order valence-corrected chi connectivity index (χ4v) is 2.39. The summed E-state index contributed by atoms with van der Waals surface area (Å²) in [5, 5.41) is 8.78. The quantitative estimate of drug-likeness (QED) is 0.850. The fraction of sp³-hybridized carbons (Fsp3) is 0.533. The summed E-state index contributed by atoms with van der Waals surface area (Å²) in [6, 6.07) is 7.84. The molecule has 0 bridgehead atoms. The molecular formula is C15H24O3S. The predicted molar refractivity (Wildman–Crippen MR) is 82.0 cm³/mol. The summed E-state index contributed by atoms with van der Waals surface area (Å²) < 4.78 is 4.84. The molecule has 0 spiro atoms. The van der Waals surface area contributed by atoms with Crippen molar-refractivity contribution in [2.45, 2.75) is 44.6 Å². The van der Waals surface area contributed by atoms with Gasteiger partial charge in [-0.2, -0.15) is 11.8 Å². The van der Waals surface area contributed by atoms with Gasteiger partial charge in [0.15, 0.2) is 0 Å². The summed E-state index contributed by atoms with van der Waals surface area (Å²) in [5.41, 5.74) is 1.18. The van der Waals surface area contributed by atoms with Crippen molar-refractivity contribution in [2.24, 2.45) is 0 Å². The largest absolute Gasteiger partial charge is 0.497 e. The van der Waals surface area contributed by atoms with E-state index in [0.29, 0.717) is 0 Å². The highest BCUT2D eigenvalue weighted by Crippen LogP contribution is 2.31. The summed E-state index contributed by atoms with van der Waals surface area (Å²) in [7, 11) is 1.64. The van der Waals surface area contributed by atoms with Crippen LogP contribution in [0.1, 0.15) is 39.7 Å². The fourth-order valence-electron chi connectivity index (χ4n) is 1.42. The summed E-state index contributed by atoms with van der Waals surface area (Å²) >= 11 is 1.65. The molecule has 0 atom stereocenters. The lowest BCUT2D eigenvalue weighted by Gasteiger charge is -2.21. The van der Waals surface area contributed by atoms with E-state index in [0.717, 1.165) is 11.5 Å². The number of hydrogen-bond donors (Lipinski definition) is 1. The van der Waals surface area contributed by atoms with Gasteiger partial charge in [0.2, 0.25) is 0 Å². The van der Waals surface area contributed by atoms with Crippen molar-refractivity contribution < 1.29 is 14.6 Å². The van der Waals surface area contributed by atoms with Crippen LogP contribution in [0.5, 0.6) is 5.75 Å². The molecule has 0 unspecified atom stereocenters. The highest BCUT2D eigenvalue weighted by Gasteiger charge is 2.22. The maximum atomic E-state index is 10.7. The van der Waals surface area contributed by atoms with Gasteiger partial charge in [0.25, 0.3) is 0 Å². The molecule has 0 fully saturated rings. The number of carboxylic acids is 1. The van der Waals surface area contributed by atoms with Crippen LogP contribution in [0.4, 0.5) is 0 Å². The number of thioether (sulfide) groups is 1. The third-order valence-corrected chi connectivity index (χ3v) is 3.77. The lowest BCUT2D eigenvalue weighted by molar-refractivity contribution is -0.137. The first kappa shape index (κ1) is 17.8. The molecule has 0 aromatic heterocycles. The normalized spacial score (nSPS) is 10.4. The highest BCUT2D eigenvalue weighted by molar-refractivity contribution is 7.99. The molecule has 0 radical (unpaired) electrons. The van der Waals surface area contributed by atoms with Gasteiger partial charge < -0.3 is 9.84 Å². The smallest absolute Gasteiger partial charge is 0.304 e. The average Bonchev–Trinajstić information content (AvgIpc) is 2.38. The molecule has 0 aliphatic carbocycles. The monoisotopic (exact) mass is 284 g/mol. The van der Waals surface area contributed by atoms with E-state index >= 15 is 0 Å². The Kier molecular flexibility index (Phi) is 8.32. The molecule has 1 rings (SSSR count). The number of rotatable bonds is 6. The van der Waals surface area contributed by atoms with Crippen molar-refractivity contribution in [3.8, 4) is 5.75 Å². The SMILES string of the molecule is CC.COc1ccc(CSC(C)(C)CC(=O)O)cc1. The molecule has 19 heavy (non-hydrogen) atoms. The first-order valence-corrected chi connectivity index (χ1v) is 7.40. The van der Waals surface area contributed by atoms with Gasteiger partial charge in [-0.1, -0.05) is 39.8 Å². The molecule has 1 aromatic rings. The summed E-state index contributed by atoms with van der Waals surface area (Å²) in [5.74, 6) is 0.894. The lowest BCUT2D eigenvalue weighted by Crippen LogP contribution is -2.19. The van der Waals surface area contributed by atoms with E-state index in [1.165, 1.54) is 5.56 Å². The van der Waals surface area contributed by atoms with Crippen LogP contribution in [0.25, 0.3) is 0 Å². The van der Waals surface area contributed by atoms with E-state index in [4.69, 9.17) is 9.84 Å². The predicted octanol–water partition coefficient (Wildman–Crippen LogP) is 4.21. The number of carboxylic acid groups (broad SMARTS) is 1. The summed E-state index contributed by atoms with van der Waals surface area (Å²) in [6.45, 7) is 7.91. The van der Waals surface area contributed by atoms with E-state index in [-0.39, 0.29) is 11.2 Å². The molecule has 0 saturated heterocycles. The van der Waals surface area contributed by atoms with Crippen LogP contribution in [0.3, 0.4) is 0 Å². The van der Waals surface area contributed by atoms with Crippen molar-refractivity contribution in [1.82, 2.24) is 0 Å². The third-order valence-electron chi connectivity index (χ3n) is 2.37. The minimum absolute atomic E-state index is 0.174. The molecule has 0 heterocycles. The first-order chi connectivity index (χ1) is 8.93. The molecule has 0 amide bonds. The van der Waals surface area contributed by atoms with Crippen molar-refractivity contribution in [3.63, 3.8) is 0 Å². The minimum Gasteiger partial charge on any atom is -0.497 e. The van der Waals surface area contributed by atoms with Crippen LogP contribution < -0.4 is 4.74 Å². The minimum atomic E-state index is -0.753. The first-order valence-electron chi connectivity index (χ1n) is 6.41. The Hall–Kier alpha value is -1.16. The molecule has 1 N–H and O–H groups in total. The van der Waals surface area contributed by atoms with Gasteiger partial charge in [0.1, 0.15) is 5.75 Å². The number of methoxy groups -OCH3 is 1. The molecule has 3 nitrogen and oxygen atoms in total. The van der Waals surface area contributed by atoms with Gasteiger partial charge in [-0.05, 0) is 17.7 Å². The number of aliphatic carboxylic acids is 1. The average molecular weight is 284 g/mol. The number of hydrogen-bond acceptors (Lipinski definition) is 3. The van der Waals surface area contributed by atoms with E-state index in [9.17, 15) is 4.79 Å². The standard InChI is InChI=1S/C13H18O3S.C2H6/c1-13(2,8-12(14)15)17-9-10-4-6-11(16-3)7-5-10;1-2/h4-7H,8-9H2,1-3H3,(H,14,15);1-2H3. The second-order valence-electron chi connectivity index (χ2n) is 4.47. The van der Waals surface area contributed by atoms with E-state index < -0.39 is 5.97 Å². The molecule has 0 aliphatic rings. The molecule has 108 valence electrons. The summed E-state index contributed by atoms with van der Waals surface area (Å²) in [6.07, 6.45) is 0.174. The Labute approximate surface area is 120 Å². The van der Waals surface area contributed by atoms with Crippen LogP contribution in [0.2, 0.25) is 0 Å². The maximum Gasteiger partial charge on any atom is 0.304 e. The van der Waals surface area contributed by atoms with Crippen molar-refractivity contribution in [1.29, 1.82) is 0 Å². The van der Waals surface area contributed by atoms with Gasteiger partial charge >= 0.3 is 5.97 Å². The van der Waals surface area contributed by atoms with E-state index in [1.807, 2.05) is 52.0 Å². The maximum absolute atomic E-state index is 10.7. The Bertz CT molecular complexity index is 371. The van der Waals surface area contributed by atoms with Gasteiger partial charge in [-0.25, -0.2) is 0 Å².